The van der Waals surface area contributed by atoms with E-state index in [1.165, 1.54) is 6.26 Å². The molecule has 0 saturated carbocycles. The summed E-state index contributed by atoms with van der Waals surface area (Å²) in [6.45, 7) is 4.72. The van der Waals surface area contributed by atoms with Crippen molar-refractivity contribution < 1.29 is 23.5 Å². The van der Waals surface area contributed by atoms with Gasteiger partial charge in [0.15, 0.2) is 5.76 Å². The fraction of sp³-hybridized carbons (Fsp3) is 0.308. The number of amides is 2. The van der Waals surface area contributed by atoms with Gasteiger partial charge in [0, 0.05) is 30.5 Å². The van der Waals surface area contributed by atoms with Crippen molar-refractivity contribution in [3.05, 3.63) is 83.3 Å². The molecular formula is C26H28N2O5. The molecule has 2 atom stereocenters. The molecule has 7 heteroatoms. The minimum Gasteiger partial charge on any atom is -0.494 e. The maximum Gasteiger partial charge on any atom is 0.287 e. The van der Waals surface area contributed by atoms with Crippen molar-refractivity contribution in [2.24, 2.45) is 0 Å². The van der Waals surface area contributed by atoms with Gasteiger partial charge in [-0.25, -0.2) is 0 Å². The van der Waals surface area contributed by atoms with Crippen molar-refractivity contribution in [1.29, 1.82) is 0 Å². The normalized spacial score (nSPS) is 15.3. The number of rotatable bonds is 9. The lowest BCUT2D eigenvalue weighted by molar-refractivity contribution is -0.123. The molecule has 0 aliphatic carbocycles. The Bertz CT molecular complexity index is 1100. The van der Waals surface area contributed by atoms with Crippen LogP contribution in [0.2, 0.25) is 0 Å². The van der Waals surface area contributed by atoms with Gasteiger partial charge in [0.1, 0.15) is 23.6 Å². The second-order valence-corrected chi connectivity index (χ2v) is 8.04. The second-order valence-electron chi connectivity index (χ2n) is 8.04. The first kappa shape index (κ1) is 22.5. The van der Waals surface area contributed by atoms with Gasteiger partial charge in [0.2, 0.25) is 5.91 Å². The van der Waals surface area contributed by atoms with Gasteiger partial charge in [0.25, 0.3) is 5.91 Å². The summed E-state index contributed by atoms with van der Waals surface area (Å²) in [4.78, 5) is 25.7. The minimum absolute atomic E-state index is 0.117. The summed E-state index contributed by atoms with van der Waals surface area (Å²) in [7, 11) is 0. The Morgan fingerprint density at radius 1 is 1.15 bits per heavy atom. The second kappa shape index (κ2) is 10.3. The maximum absolute atomic E-state index is 13.2. The molecule has 7 nitrogen and oxygen atoms in total. The van der Waals surface area contributed by atoms with E-state index in [2.05, 4.69) is 10.6 Å². The lowest BCUT2D eigenvalue weighted by Gasteiger charge is -2.19. The van der Waals surface area contributed by atoms with Gasteiger partial charge >= 0.3 is 0 Å². The average molecular weight is 449 g/mol. The van der Waals surface area contributed by atoms with Crippen LogP contribution in [0.25, 0.3) is 0 Å². The number of carbonyl (C=O) groups is 2. The van der Waals surface area contributed by atoms with Gasteiger partial charge in [-0.1, -0.05) is 30.3 Å². The average Bonchev–Trinajstić information content (AvgIpc) is 3.47. The van der Waals surface area contributed by atoms with Crippen LogP contribution >= 0.6 is 0 Å². The van der Waals surface area contributed by atoms with E-state index in [1.54, 1.807) is 12.1 Å². The molecule has 2 N–H and O–H groups in total. The van der Waals surface area contributed by atoms with Crippen molar-refractivity contribution in [1.82, 2.24) is 10.6 Å². The molecule has 0 radical (unpaired) electrons. The van der Waals surface area contributed by atoms with Crippen LogP contribution in [0.15, 0.2) is 65.3 Å². The molecule has 1 aromatic heterocycles. The summed E-state index contributed by atoms with van der Waals surface area (Å²) in [5.41, 5.74) is 2.87. The fourth-order valence-electron chi connectivity index (χ4n) is 3.91. The first-order valence-electron chi connectivity index (χ1n) is 11.1. The third-order valence-corrected chi connectivity index (χ3v) is 5.48. The van der Waals surface area contributed by atoms with E-state index in [1.807, 2.05) is 56.3 Å². The first-order valence-corrected chi connectivity index (χ1v) is 11.1. The van der Waals surface area contributed by atoms with Crippen LogP contribution in [0, 0.1) is 0 Å². The molecule has 3 aromatic rings. The van der Waals surface area contributed by atoms with Crippen molar-refractivity contribution in [2.45, 2.75) is 45.4 Å². The van der Waals surface area contributed by atoms with E-state index in [-0.39, 0.29) is 24.3 Å². The highest BCUT2D eigenvalue weighted by molar-refractivity contribution is 5.95. The Hall–Kier alpha value is -3.74. The maximum atomic E-state index is 13.2. The van der Waals surface area contributed by atoms with Crippen LogP contribution < -0.4 is 20.1 Å². The van der Waals surface area contributed by atoms with Crippen molar-refractivity contribution in [3.63, 3.8) is 0 Å². The minimum atomic E-state index is -0.772. The Morgan fingerprint density at radius 3 is 2.70 bits per heavy atom. The molecule has 4 rings (SSSR count). The fourth-order valence-corrected chi connectivity index (χ4v) is 3.91. The molecule has 0 spiro atoms. The Labute approximate surface area is 193 Å². The van der Waals surface area contributed by atoms with E-state index in [0.717, 1.165) is 34.6 Å². The molecule has 0 saturated heterocycles. The van der Waals surface area contributed by atoms with Gasteiger partial charge < -0.3 is 24.5 Å². The van der Waals surface area contributed by atoms with E-state index < -0.39 is 11.9 Å². The molecular weight excluding hydrogens is 420 g/mol. The smallest absolute Gasteiger partial charge is 0.287 e. The van der Waals surface area contributed by atoms with Gasteiger partial charge in [-0.3, -0.25) is 9.59 Å². The van der Waals surface area contributed by atoms with Gasteiger partial charge in [-0.2, -0.15) is 0 Å². The third kappa shape index (κ3) is 5.55. The van der Waals surface area contributed by atoms with Crippen LogP contribution in [-0.2, 0) is 24.2 Å². The largest absolute Gasteiger partial charge is 0.494 e. The van der Waals surface area contributed by atoms with E-state index >= 15 is 0 Å². The zero-order chi connectivity index (χ0) is 23.2. The molecule has 1 aliphatic rings. The number of hydrogen-bond donors (Lipinski definition) is 2. The van der Waals surface area contributed by atoms with Crippen molar-refractivity contribution in [2.75, 3.05) is 6.61 Å². The van der Waals surface area contributed by atoms with Crippen LogP contribution in [0.4, 0.5) is 0 Å². The zero-order valence-corrected chi connectivity index (χ0v) is 18.8. The summed E-state index contributed by atoms with van der Waals surface area (Å²) in [6, 6.07) is 15.9. The van der Waals surface area contributed by atoms with Crippen LogP contribution in [0.5, 0.6) is 11.5 Å². The number of fused-ring (bicyclic) bond motifs is 1. The lowest BCUT2D eigenvalue weighted by Crippen LogP contribution is -2.47. The number of hydrogen-bond acceptors (Lipinski definition) is 5. The molecule has 2 aromatic carbocycles. The monoisotopic (exact) mass is 448 g/mol. The molecule has 2 amide bonds. The van der Waals surface area contributed by atoms with Crippen LogP contribution in [0.3, 0.4) is 0 Å². The summed E-state index contributed by atoms with van der Waals surface area (Å²) in [5.74, 6) is 0.974. The molecule has 0 unspecified atom stereocenters. The Kier molecular flexibility index (Phi) is 6.98. The summed E-state index contributed by atoms with van der Waals surface area (Å²) >= 11 is 0. The number of carbonyl (C=O) groups excluding carboxylic acids is 2. The Morgan fingerprint density at radius 2 is 1.97 bits per heavy atom. The number of benzene rings is 2. The highest BCUT2D eigenvalue weighted by atomic mass is 16.5. The SMILES string of the molecule is CCOc1cc2c(cc1CNC(=O)[C@H](Cc1ccccc1)NC(=O)c1ccco1)O[C@@H](C)C2. The molecule has 172 valence electrons. The highest BCUT2D eigenvalue weighted by Gasteiger charge is 2.25. The molecule has 0 fully saturated rings. The van der Waals surface area contributed by atoms with Crippen molar-refractivity contribution in [3.8, 4) is 11.5 Å². The first-order chi connectivity index (χ1) is 16.0. The number of ether oxygens (including phenoxy) is 2. The van der Waals surface area contributed by atoms with Crippen molar-refractivity contribution >= 4 is 11.8 Å². The number of furan rings is 1. The third-order valence-electron chi connectivity index (χ3n) is 5.48. The summed E-state index contributed by atoms with van der Waals surface area (Å²) in [5, 5.41) is 5.74. The predicted molar refractivity (Wildman–Crippen MR) is 123 cm³/mol. The van der Waals surface area contributed by atoms with E-state index in [9.17, 15) is 9.59 Å². The van der Waals surface area contributed by atoms with E-state index in [0.29, 0.717) is 13.0 Å². The molecule has 1 aliphatic heterocycles. The standard InChI is InChI=1S/C26H28N2O5/c1-3-31-23-14-19-12-17(2)33-24(19)15-20(23)16-27-25(29)21(13-18-8-5-4-6-9-18)28-26(30)22-10-7-11-32-22/h4-11,14-15,17,21H,3,12-13,16H2,1-2H3,(H,27,29)(H,28,30)/t17-,21-/m0/s1. The van der Waals surface area contributed by atoms with Gasteiger partial charge in [0.05, 0.1) is 12.9 Å². The van der Waals surface area contributed by atoms with Crippen LogP contribution in [0.1, 0.15) is 41.1 Å². The topological polar surface area (TPSA) is 89.8 Å². The van der Waals surface area contributed by atoms with Crippen LogP contribution in [-0.4, -0.2) is 30.6 Å². The zero-order valence-electron chi connectivity index (χ0n) is 18.8. The predicted octanol–water partition coefficient (Wildman–Crippen LogP) is 3.66. The molecule has 33 heavy (non-hydrogen) atoms. The Balaban J connectivity index is 1.49. The van der Waals surface area contributed by atoms with Gasteiger partial charge in [-0.05, 0) is 43.7 Å². The molecule has 2 heterocycles. The highest BCUT2D eigenvalue weighted by Crippen LogP contribution is 2.35. The summed E-state index contributed by atoms with van der Waals surface area (Å²) < 4.78 is 16.9. The quantitative estimate of drug-likeness (QED) is 0.522. The molecule has 0 bridgehead atoms. The van der Waals surface area contributed by atoms with Gasteiger partial charge in [-0.15, -0.1) is 0 Å². The van der Waals surface area contributed by atoms with E-state index in [4.69, 9.17) is 13.9 Å². The lowest BCUT2D eigenvalue weighted by atomic mass is 10.0. The number of nitrogens with one attached hydrogen (secondary N) is 2. The summed E-state index contributed by atoms with van der Waals surface area (Å²) in [6.07, 6.45) is 2.72.